The summed E-state index contributed by atoms with van der Waals surface area (Å²) in [7, 11) is -1.19. The van der Waals surface area contributed by atoms with Crippen LogP contribution in [0.25, 0.3) is 16.8 Å². The molecule has 2 aromatic carbocycles. The van der Waals surface area contributed by atoms with Crippen molar-refractivity contribution in [2.75, 3.05) is 11.2 Å². The van der Waals surface area contributed by atoms with Gasteiger partial charge in [-0.2, -0.15) is 5.26 Å². The molecule has 2 aromatic heterocycles. The molecule has 5 rings (SSSR count). The SMILES string of the molecule is Cc1nc2ccc(C#N)cn2c1CN1C(=O)[C@@H](C)Oc2c(F)cc(-c3cccc(S(C)=O)c3)cc21. The van der Waals surface area contributed by atoms with Crippen LogP contribution in [0.1, 0.15) is 23.9 Å². The number of fused-ring (bicyclic) bond motifs is 2. The molecule has 2 atom stereocenters. The molecular weight excluding hydrogens is 467 g/mol. The first-order chi connectivity index (χ1) is 16.8. The van der Waals surface area contributed by atoms with Crippen LogP contribution in [0.5, 0.6) is 5.75 Å². The zero-order chi connectivity index (χ0) is 24.9. The minimum absolute atomic E-state index is 0.000241. The number of anilines is 1. The van der Waals surface area contributed by atoms with Gasteiger partial charge in [0.2, 0.25) is 0 Å². The van der Waals surface area contributed by atoms with Gasteiger partial charge in [0.1, 0.15) is 11.7 Å². The molecule has 0 saturated carbocycles. The van der Waals surface area contributed by atoms with E-state index < -0.39 is 22.7 Å². The summed E-state index contributed by atoms with van der Waals surface area (Å²) < 4.78 is 34.7. The standard InChI is InChI=1S/C26H21FN4O3S/c1-15-23(30-13-17(12-28)7-8-24(30)29-15)14-31-22-11-19(18-5-4-6-20(9-18)35(3)33)10-21(27)25(22)34-16(2)26(31)32/h4-11,13,16H,14H2,1-3H3/t16-,35?/m1/s1. The van der Waals surface area contributed by atoms with Crippen molar-refractivity contribution < 1.29 is 18.1 Å². The van der Waals surface area contributed by atoms with Crippen molar-refractivity contribution in [3.63, 3.8) is 0 Å². The van der Waals surface area contributed by atoms with Crippen molar-refractivity contribution in [1.29, 1.82) is 5.26 Å². The number of pyridine rings is 1. The molecule has 7 nitrogen and oxygen atoms in total. The lowest BCUT2D eigenvalue weighted by Crippen LogP contribution is -2.44. The predicted molar refractivity (Wildman–Crippen MR) is 130 cm³/mol. The maximum absolute atomic E-state index is 15.3. The maximum atomic E-state index is 15.3. The molecule has 0 saturated heterocycles. The Bertz CT molecular complexity index is 1570. The molecule has 1 aliphatic rings. The fourth-order valence-electron chi connectivity index (χ4n) is 4.26. The number of aromatic nitrogens is 2. The van der Waals surface area contributed by atoms with Crippen molar-refractivity contribution in [3.8, 4) is 22.9 Å². The lowest BCUT2D eigenvalue weighted by Gasteiger charge is -2.33. The van der Waals surface area contributed by atoms with Gasteiger partial charge in [-0.05, 0) is 61.4 Å². The molecule has 1 aliphatic heterocycles. The van der Waals surface area contributed by atoms with Crippen LogP contribution in [0, 0.1) is 24.1 Å². The van der Waals surface area contributed by atoms with E-state index >= 15 is 4.39 Å². The van der Waals surface area contributed by atoms with Gasteiger partial charge < -0.3 is 9.14 Å². The summed E-state index contributed by atoms with van der Waals surface area (Å²) >= 11 is 0. The molecule has 4 aromatic rings. The number of halogens is 1. The Hall–Kier alpha value is -4.03. The predicted octanol–water partition coefficient (Wildman–Crippen LogP) is 4.37. The lowest BCUT2D eigenvalue weighted by molar-refractivity contribution is -0.125. The third kappa shape index (κ3) is 3.96. The van der Waals surface area contributed by atoms with E-state index in [0.717, 1.165) is 0 Å². The monoisotopic (exact) mass is 488 g/mol. The maximum Gasteiger partial charge on any atom is 0.268 e. The van der Waals surface area contributed by atoms with Gasteiger partial charge in [0, 0.05) is 28.1 Å². The van der Waals surface area contributed by atoms with Gasteiger partial charge in [-0.15, -0.1) is 0 Å². The van der Waals surface area contributed by atoms with Crippen molar-refractivity contribution in [2.24, 2.45) is 0 Å². The zero-order valence-electron chi connectivity index (χ0n) is 19.3. The van der Waals surface area contributed by atoms with Crippen LogP contribution in [0.4, 0.5) is 10.1 Å². The number of aryl methyl sites for hydroxylation is 1. The molecule has 0 bridgehead atoms. The van der Waals surface area contributed by atoms with Crippen LogP contribution in [-0.2, 0) is 22.1 Å². The van der Waals surface area contributed by atoms with E-state index in [-0.39, 0.29) is 18.2 Å². The van der Waals surface area contributed by atoms with E-state index in [1.165, 1.54) is 11.0 Å². The highest BCUT2D eigenvalue weighted by atomic mass is 32.2. The molecule has 0 spiro atoms. The molecule has 1 unspecified atom stereocenters. The van der Waals surface area contributed by atoms with Crippen LogP contribution in [-0.4, -0.2) is 31.9 Å². The zero-order valence-corrected chi connectivity index (χ0v) is 20.1. The summed E-state index contributed by atoms with van der Waals surface area (Å²) in [5, 5.41) is 9.32. The first kappa shape index (κ1) is 22.7. The van der Waals surface area contributed by atoms with Crippen LogP contribution in [0.15, 0.2) is 59.6 Å². The number of carbonyl (C=O) groups excluding carboxylic acids is 1. The van der Waals surface area contributed by atoms with E-state index in [0.29, 0.717) is 44.3 Å². The van der Waals surface area contributed by atoms with Crippen LogP contribution in [0.2, 0.25) is 0 Å². The highest BCUT2D eigenvalue weighted by molar-refractivity contribution is 7.84. The largest absolute Gasteiger partial charge is 0.476 e. The smallest absolute Gasteiger partial charge is 0.268 e. The summed E-state index contributed by atoms with van der Waals surface area (Å²) in [6.07, 6.45) is 2.38. The lowest BCUT2D eigenvalue weighted by atomic mass is 10.0. The number of amides is 1. The van der Waals surface area contributed by atoms with Crippen molar-refractivity contribution >= 4 is 28.0 Å². The van der Waals surface area contributed by atoms with E-state index in [1.54, 1.807) is 66.2 Å². The number of nitriles is 1. The van der Waals surface area contributed by atoms with Gasteiger partial charge in [-0.3, -0.25) is 13.9 Å². The molecule has 0 N–H and O–H groups in total. The van der Waals surface area contributed by atoms with Crippen molar-refractivity contribution in [3.05, 3.63) is 77.5 Å². The second kappa shape index (κ2) is 8.64. The summed E-state index contributed by atoms with van der Waals surface area (Å²) in [6.45, 7) is 3.53. The fourth-order valence-corrected chi connectivity index (χ4v) is 4.83. The Kier molecular flexibility index (Phi) is 5.61. The summed E-state index contributed by atoms with van der Waals surface area (Å²) in [4.78, 5) is 19.9. The molecule has 0 fully saturated rings. The number of imidazole rings is 1. The van der Waals surface area contributed by atoms with Gasteiger partial charge in [0.25, 0.3) is 5.91 Å². The van der Waals surface area contributed by atoms with Gasteiger partial charge in [0.05, 0.1) is 29.2 Å². The van der Waals surface area contributed by atoms with E-state index in [1.807, 2.05) is 6.92 Å². The number of hydrogen-bond acceptors (Lipinski definition) is 5. The Morgan fingerprint density at radius 3 is 2.74 bits per heavy atom. The highest BCUT2D eigenvalue weighted by Crippen LogP contribution is 2.41. The molecule has 0 radical (unpaired) electrons. The van der Waals surface area contributed by atoms with Crippen LogP contribution in [0.3, 0.4) is 0 Å². The number of benzene rings is 2. The van der Waals surface area contributed by atoms with E-state index in [9.17, 15) is 14.3 Å². The normalized spacial score (nSPS) is 16.0. The molecule has 0 aliphatic carbocycles. The van der Waals surface area contributed by atoms with Gasteiger partial charge in [0.15, 0.2) is 17.7 Å². The third-order valence-corrected chi connectivity index (χ3v) is 6.99. The Morgan fingerprint density at radius 2 is 2.00 bits per heavy atom. The third-order valence-electron chi connectivity index (χ3n) is 6.08. The number of hydrogen-bond donors (Lipinski definition) is 0. The first-order valence-electron chi connectivity index (χ1n) is 10.9. The molecule has 3 heterocycles. The number of ether oxygens (including phenoxy) is 1. The Morgan fingerprint density at radius 1 is 1.20 bits per heavy atom. The topological polar surface area (TPSA) is 87.7 Å². The molecular formula is C26H21FN4O3S. The summed E-state index contributed by atoms with van der Waals surface area (Å²) in [6, 6.07) is 15.7. The quantitative estimate of drug-likeness (QED) is 0.426. The Balaban J connectivity index is 1.64. The van der Waals surface area contributed by atoms with Crippen molar-refractivity contribution in [2.45, 2.75) is 31.4 Å². The summed E-state index contributed by atoms with van der Waals surface area (Å²) in [5.41, 5.74) is 4.02. The number of rotatable bonds is 4. The number of carbonyl (C=O) groups is 1. The Labute approximate surface area is 203 Å². The number of nitrogens with zero attached hydrogens (tertiary/aromatic N) is 4. The van der Waals surface area contributed by atoms with Crippen LogP contribution >= 0.6 is 0 Å². The minimum Gasteiger partial charge on any atom is -0.476 e. The minimum atomic E-state index is -1.19. The van der Waals surface area contributed by atoms with Gasteiger partial charge in [-0.25, -0.2) is 9.37 Å². The molecule has 1 amide bonds. The molecule has 9 heteroatoms. The highest BCUT2D eigenvalue weighted by Gasteiger charge is 2.35. The van der Waals surface area contributed by atoms with Gasteiger partial charge >= 0.3 is 0 Å². The fraction of sp³-hybridized carbons (Fsp3) is 0.192. The molecule has 176 valence electrons. The second-order valence-electron chi connectivity index (χ2n) is 8.37. The molecule has 35 heavy (non-hydrogen) atoms. The summed E-state index contributed by atoms with van der Waals surface area (Å²) in [5.74, 6) is -0.907. The van der Waals surface area contributed by atoms with Gasteiger partial charge in [-0.1, -0.05) is 12.1 Å². The van der Waals surface area contributed by atoms with E-state index in [2.05, 4.69) is 11.1 Å². The average Bonchev–Trinajstić information content (AvgIpc) is 3.16. The first-order valence-corrected chi connectivity index (χ1v) is 12.5. The second-order valence-corrected chi connectivity index (χ2v) is 9.75. The van der Waals surface area contributed by atoms with Crippen molar-refractivity contribution in [1.82, 2.24) is 9.38 Å². The van der Waals surface area contributed by atoms with E-state index in [4.69, 9.17) is 4.74 Å². The average molecular weight is 489 g/mol. The van der Waals surface area contributed by atoms with Crippen LogP contribution < -0.4 is 9.64 Å².